The summed E-state index contributed by atoms with van der Waals surface area (Å²) in [6.45, 7) is 2.23. The fraction of sp³-hybridized carbons (Fsp3) is 0.286. The Hall–Kier alpha value is -2.55. The van der Waals surface area contributed by atoms with Crippen LogP contribution < -0.4 is 0 Å². The third-order valence-corrected chi connectivity index (χ3v) is 7.51. The molecule has 0 saturated carbocycles. The van der Waals surface area contributed by atoms with E-state index in [1.807, 2.05) is 30.3 Å². The number of ether oxygens (including phenoxy) is 4. The van der Waals surface area contributed by atoms with Crippen LogP contribution >= 0.6 is 35.0 Å². The summed E-state index contributed by atoms with van der Waals surface area (Å²) >= 11 is 13.3. The Morgan fingerprint density at radius 3 is 1.97 bits per heavy atom. The minimum Gasteiger partial charge on any atom is -0.451 e. The number of rotatable bonds is 10. The van der Waals surface area contributed by atoms with Crippen molar-refractivity contribution in [2.24, 2.45) is 0 Å². The van der Waals surface area contributed by atoms with E-state index in [-0.39, 0.29) is 18.5 Å². The SMILES string of the molecule is CC(=O)OC1S[C@H](COCc2ccc(Cl)cc2)[C@@H](OCc2ccc(Cl)cc2)[C@@H]1OC(=O)c1ccccc1. The minimum atomic E-state index is -0.835. The van der Waals surface area contributed by atoms with E-state index < -0.39 is 29.6 Å². The number of thioether (sulfide) groups is 1. The smallest absolute Gasteiger partial charge is 0.338 e. The van der Waals surface area contributed by atoms with Crippen LogP contribution in [-0.2, 0) is 37.0 Å². The van der Waals surface area contributed by atoms with E-state index in [0.29, 0.717) is 22.2 Å². The maximum atomic E-state index is 12.9. The lowest BCUT2D eigenvalue weighted by Gasteiger charge is -2.26. The summed E-state index contributed by atoms with van der Waals surface area (Å²) in [5.74, 6) is -0.997. The molecule has 1 saturated heterocycles. The highest BCUT2D eigenvalue weighted by Gasteiger charge is 2.49. The third kappa shape index (κ3) is 7.97. The molecule has 0 spiro atoms. The lowest BCUT2D eigenvalue weighted by molar-refractivity contribution is -0.150. The van der Waals surface area contributed by atoms with Crippen LogP contribution in [0.3, 0.4) is 0 Å². The predicted octanol–water partition coefficient (Wildman–Crippen LogP) is 6.33. The van der Waals surface area contributed by atoms with Gasteiger partial charge >= 0.3 is 11.9 Å². The number of carbonyl (C=O) groups is 2. The van der Waals surface area contributed by atoms with Gasteiger partial charge in [0.1, 0.15) is 6.10 Å². The maximum Gasteiger partial charge on any atom is 0.338 e. The largest absolute Gasteiger partial charge is 0.451 e. The van der Waals surface area contributed by atoms with Crippen LogP contribution in [0.2, 0.25) is 10.0 Å². The second-order valence-electron chi connectivity index (χ2n) is 8.43. The van der Waals surface area contributed by atoms with Gasteiger partial charge in [0.25, 0.3) is 0 Å². The molecule has 1 unspecified atom stereocenters. The minimum absolute atomic E-state index is 0.252. The molecule has 0 amide bonds. The van der Waals surface area contributed by atoms with E-state index in [2.05, 4.69) is 0 Å². The second kappa shape index (κ2) is 13.3. The molecule has 6 nitrogen and oxygen atoms in total. The molecule has 0 aliphatic carbocycles. The first-order valence-electron chi connectivity index (χ1n) is 11.7. The van der Waals surface area contributed by atoms with Gasteiger partial charge in [-0.25, -0.2) is 4.79 Å². The lowest BCUT2D eigenvalue weighted by Crippen LogP contribution is -2.41. The molecule has 0 radical (unpaired) electrons. The molecule has 9 heteroatoms. The summed E-state index contributed by atoms with van der Waals surface area (Å²) in [6, 6.07) is 23.4. The Labute approximate surface area is 230 Å². The Balaban J connectivity index is 1.51. The van der Waals surface area contributed by atoms with Crippen molar-refractivity contribution in [3.05, 3.63) is 106 Å². The quantitative estimate of drug-likeness (QED) is 0.268. The average Bonchev–Trinajstić information content (AvgIpc) is 3.20. The molecule has 0 N–H and O–H groups in total. The van der Waals surface area contributed by atoms with Crippen LogP contribution in [0.5, 0.6) is 0 Å². The fourth-order valence-electron chi connectivity index (χ4n) is 3.82. The van der Waals surface area contributed by atoms with Gasteiger partial charge in [-0.2, -0.15) is 0 Å². The van der Waals surface area contributed by atoms with Crippen molar-refractivity contribution in [2.45, 2.75) is 43.0 Å². The van der Waals surface area contributed by atoms with Gasteiger partial charge in [-0.15, -0.1) is 11.8 Å². The number of hydrogen-bond acceptors (Lipinski definition) is 7. The van der Waals surface area contributed by atoms with Gasteiger partial charge in [-0.1, -0.05) is 65.7 Å². The molecule has 1 fully saturated rings. The molecular weight excluding hydrogens is 535 g/mol. The topological polar surface area (TPSA) is 71.1 Å². The Bertz CT molecular complexity index is 1170. The first kappa shape index (κ1) is 27.5. The molecule has 1 aliphatic rings. The van der Waals surface area contributed by atoms with Crippen LogP contribution in [0, 0.1) is 0 Å². The standard InChI is InChI=1S/C28H26Cl2O6S/c1-18(31)35-28-26(36-27(32)21-5-3-2-4-6-21)25(34-16-20-9-13-23(30)14-10-20)24(37-28)17-33-15-19-7-11-22(29)12-8-19/h2-14,24-26,28H,15-17H2,1H3/t24-,25-,26+,28?/m1/s1. The van der Waals surface area contributed by atoms with Gasteiger partial charge in [-0.05, 0) is 47.5 Å². The van der Waals surface area contributed by atoms with Crippen LogP contribution in [0.1, 0.15) is 28.4 Å². The second-order valence-corrected chi connectivity index (χ2v) is 10.6. The van der Waals surface area contributed by atoms with Gasteiger partial charge in [0, 0.05) is 17.0 Å². The first-order chi connectivity index (χ1) is 17.9. The summed E-state index contributed by atoms with van der Waals surface area (Å²) in [6.07, 6.45) is -1.43. The van der Waals surface area contributed by atoms with Crippen LogP contribution in [0.4, 0.5) is 0 Å². The van der Waals surface area contributed by atoms with E-state index >= 15 is 0 Å². The van der Waals surface area contributed by atoms with Crippen molar-refractivity contribution in [1.82, 2.24) is 0 Å². The summed E-state index contributed by atoms with van der Waals surface area (Å²) < 4.78 is 23.7. The molecule has 4 rings (SSSR count). The summed E-state index contributed by atoms with van der Waals surface area (Å²) in [5.41, 5.74) is 1.52. The zero-order chi connectivity index (χ0) is 26.2. The molecule has 0 aromatic heterocycles. The third-order valence-electron chi connectivity index (χ3n) is 5.62. The normalized spacial score (nSPS) is 20.9. The molecule has 194 valence electrons. The number of carbonyl (C=O) groups excluding carboxylic acids is 2. The number of esters is 2. The first-order valence-corrected chi connectivity index (χ1v) is 13.4. The van der Waals surface area contributed by atoms with Crippen molar-refractivity contribution in [1.29, 1.82) is 0 Å². The van der Waals surface area contributed by atoms with Gasteiger partial charge in [-0.3, -0.25) is 4.79 Å². The summed E-state index contributed by atoms with van der Waals surface area (Å²) in [4.78, 5) is 24.8. The predicted molar refractivity (Wildman–Crippen MR) is 144 cm³/mol. The van der Waals surface area contributed by atoms with E-state index in [1.54, 1.807) is 48.5 Å². The highest BCUT2D eigenvalue weighted by atomic mass is 35.5. The molecule has 37 heavy (non-hydrogen) atoms. The molecule has 4 atom stereocenters. The number of halogens is 2. The van der Waals surface area contributed by atoms with Crippen LogP contribution in [0.15, 0.2) is 78.9 Å². The van der Waals surface area contributed by atoms with Crippen molar-refractivity contribution in [3.63, 3.8) is 0 Å². The Morgan fingerprint density at radius 2 is 1.38 bits per heavy atom. The van der Waals surface area contributed by atoms with Crippen molar-refractivity contribution in [2.75, 3.05) is 6.61 Å². The van der Waals surface area contributed by atoms with Crippen molar-refractivity contribution >= 4 is 46.9 Å². The van der Waals surface area contributed by atoms with Gasteiger partial charge in [0.2, 0.25) is 0 Å². The zero-order valence-corrected chi connectivity index (χ0v) is 22.4. The average molecular weight is 561 g/mol. The van der Waals surface area contributed by atoms with Crippen molar-refractivity contribution in [3.8, 4) is 0 Å². The van der Waals surface area contributed by atoms with Gasteiger partial charge < -0.3 is 18.9 Å². The van der Waals surface area contributed by atoms with E-state index in [0.717, 1.165) is 11.1 Å². The maximum absolute atomic E-state index is 12.9. The fourth-order valence-corrected chi connectivity index (χ4v) is 5.54. The number of hydrogen-bond donors (Lipinski definition) is 0. The molecular formula is C28H26Cl2O6S. The summed E-state index contributed by atoms with van der Waals surface area (Å²) in [7, 11) is 0. The van der Waals surface area contributed by atoms with Crippen LogP contribution in [0.25, 0.3) is 0 Å². The molecule has 0 bridgehead atoms. The molecule has 3 aromatic rings. The van der Waals surface area contributed by atoms with E-state index in [1.165, 1.54) is 18.7 Å². The van der Waals surface area contributed by atoms with Crippen molar-refractivity contribution < 1.29 is 28.5 Å². The monoisotopic (exact) mass is 560 g/mol. The van der Waals surface area contributed by atoms with Crippen LogP contribution in [-0.4, -0.2) is 41.4 Å². The zero-order valence-electron chi connectivity index (χ0n) is 20.0. The highest BCUT2D eigenvalue weighted by molar-refractivity contribution is 8.00. The van der Waals surface area contributed by atoms with Gasteiger partial charge in [0.15, 0.2) is 11.5 Å². The Kier molecular flexibility index (Phi) is 9.88. The van der Waals surface area contributed by atoms with E-state index in [9.17, 15) is 9.59 Å². The lowest BCUT2D eigenvalue weighted by atomic mass is 10.1. The summed E-state index contributed by atoms with van der Waals surface area (Å²) in [5, 5.41) is 1.01. The highest BCUT2D eigenvalue weighted by Crippen LogP contribution is 2.40. The molecule has 1 aliphatic heterocycles. The van der Waals surface area contributed by atoms with Gasteiger partial charge in [0.05, 0.1) is 30.6 Å². The molecule has 1 heterocycles. The Morgan fingerprint density at radius 1 is 0.784 bits per heavy atom. The number of benzene rings is 3. The van der Waals surface area contributed by atoms with E-state index in [4.69, 9.17) is 42.1 Å². The molecule has 3 aromatic carbocycles.